The summed E-state index contributed by atoms with van der Waals surface area (Å²) in [5.41, 5.74) is 1.88. The predicted octanol–water partition coefficient (Wildman–Crippen LogP) is 1.82. The molecule has 0 radical (unpaired) electrons. The normalized spacial score (nSPS) is 15.2. The van der Waals surface area contributed by atoms with E-state index in [4.69, 9.17) is 9.47 Å². The molecule has 1 saturated heterocycles. The van der Waals surface area contributed by atoms with E-state index < -0.39 is 0 Å². The molecule has 1 aliphatic heterocycles. The van der Waals surface area contributed by atoms with Gasteiger partial charge in [-0.25, -0.2) is 0 Å². The molecule has 0 spiro atoms. The van der Waals surface area contributed by atoms with Crippen LogP contribution in [0, 0.1) is 6.92 Å². The summed E-state index contributed by atoms with van der Waals surface area (Å²) in [6, 6.07) is 5.97. The van der Waals surface area contributed by atoms with Crippen LogP contribution < -0.4 is 9.47 Å². The minimum absolute atomic E-state index is 0.0401. The maximum Gasteiger partial charge on any atom is 0.267 e. The van der Waals surface area contributed by atoms with Crippen molar-refractivity contribution in [2.24, 2.45) is 0 Å². The van der Waals surface area contributed by atoms with Gasteiger partial charge in [0.1, 0.15) is 4.88 Å². The third kappa shape index (κ3) is 3.91. The van der Waals surface area contributed by atoms with E-state index in [0.29, 0.717) is 23.7 Å². The Morgan fingerprint density at radius 2 is 1.88 bits per heavy atom. The van der Waals surface area contributed by atoms with Crippen molar-refractivity contribution in [3.63, 3.8) is 0 Å². The molecule has 25 heavy (non-hydrogen) atoms. The lowest BCUT2D eigenvalue weighted by atomic mass is 10.1. The smallest absolute Gasteiger partial charge is 0.267 e. The fraction of sp³-hybridized carbons (Fsp3) is 0.471. The predicted molar refractivity (Wildman–Crippen MR) is 95.4 cm³/mol. The Bertz CT molecular complexity index is 741. The summed E-state index contributed by atoms with van der Waals surface area (Å²) in [4.78, 5) is 17.4. The molecule has 0 unspecified atom stereocenters. The summed E-state index contributed by atoms with van der Waals surface area (Å²) in [7, 11) is 3.27. The molecule has 134 valence electrons. The van der Waals surface area contributed by atoms with Crippen LogP contribution in [0.25, 0.3) is 0 Å². The highest BCUT2D eigenvalue weighted by molar-refractivity contribution is 7.07. The molecule has 1 aromatic carbocycles. The molecule has 0 atom stereocenters. The second kappa shape index (κ2) is 7.79. The van der Waals surface area contributed by atoms with Crippen LogP contribution in [-0.4, -0.2) is 65.7 Å². The molecule has 1 aliphatic rings. The van der Waals surface area contributed by atoms with Gasteiger partial charge in [-0.1, -0.05) is 10.6 Å². The van der Waals surface area contributed by atoms with Crippen molar-refractivity contribution >= 4 is 17.4 Å². The van der Waals surface area contributed by atoms with Gasteiger partial charge >= 0.3 is 0 Å². The van der Waals surface area contributed by atoms with E-state index in [1.165, 1.54) is 17.1 Å². The number of hydrogen-bond acceptors (Lipinski definition) is 7. The molecular formula is C17H22N4O3S. The quantitative estimate of drug-likeness (QED) is 0.808. The summed E-state index contributed by atoms with van der Waals surface area (Å²) in [5, 5.41) is 3.92. The Kier molecular flexibility index (Phi) is 5.50. The molecule has 1 aromatic heterocycles. The van der Waals surface area contributed by atoms with Gasteiger partial charge < -0.3 is 14.4 Å². The summed E-state index contributed by atoms with van der Waals surface area (Å²) in [5.74, 6) is 1.51. The maximum atomic E-state index is 12.5. The number of carbonyl (C=O) groups excluding carboxylic acids is 1. The van der Waals surface area contributed by atoms with Crippen LogP contribution >= 0.6 is 11.5 Å². The number of amides is 1. The third-order valence-corrected chi connectivity index (χ3v) is 5.18. The number of aryl methyl sites for hydroxylation is 1. The van der Waals surface area contributed by atoms with Crippen molar-refractivity contribution in [3.05, 3.63) is 34.3 Å². The van der Waals surface area contributed by atoms with E-state index in [0.717, 1.165) is 31.1 Å². The molecule has 2 aromatic rings. The number of piperazine rings is 1. The first-order valence-corrected chi connectivity index (χ1v) is 8.91. The zero-order valence-corrected chi connectivity index (χ0v) is 15.5. The van der Waals surface area contributed by atoms with Crippen LogP contribution in [0.3, 0.4) is 0 Å². The minimum atomic E-state index is 0.0401. The summed E-state index contributed by atoms with van der Waals surface area (Å²) in [6.07, 6.45) is 0. The van der Waals surface area contributed by atoms with Gasteiger partial charge in [-0.05, 0) is 36.2 Å². The average Bonchev–Trinajstić information content (AvgIpc) is 3.07. The van der Waals surface area contributed by atoms with Gasteiger partial charge in [0.25, 0.3) is 5.91 Å². The fourth-order valence-corrected chi connectivity index (χ4v) is 3.54. The van der Waals surface area contributed by atoms with Gasteiger partial charge in [0, 0.05) is 32.7 Å². The number of aromatic nitrogens is 2. The molecule has 0 aliphatic carbocycles. The molecule has 0 bridgehead atoms. The Labute approximate surface area is 151 Å². The lowest BCUT2D eigenvalue weighted by Gasteiger charge is -2.34. The number of rotatable bonds is 5. The number of nitrogens with zero attached hydrogens (tertiary/aromatic N) is 4. The second-order valence-corrected chi connectivity index (χ2v) is 6.70. The molecular weight excluding hydrogens is 340 g/mol. The van der Waals surface area contributed by atoms with Crippen molar-refractivity contribution in [2.75, 3.05) is 40.4 Å². The number of ether oxygens (including phenoxy) is 2. The zero-order valence-electron chi connectivity index (χ0n) is 14.7. The van der Waals surface area contributed by atoms with Gasteiger partial charge in [-0.3, -0.25) is 9.69 Å². The van der Waals surface area contributed by atoms with Crippen LogP contribution in [-0.2, 0) is 6.54 Å². The van der Waals surface area contributed by atoms with E-state index in [1.54, 1.807) is 14.2 Å². The average molecular weight is 362 g/mol. The fourth-order valence-electron chi connectivity index (χ4n) is 2.92. The van der Waals surface area contributed by atoms with Crippen molar-refractivity contribution in [3.8, 4) is 11.5 Å². The maximum absolute atomic E-state index is 12.5. The summed E-state index contributed by atoms with van der Waals surface area (Å²) >= 11 is 1.17. The van der Waals surface area contributed by atoms with Crippen LogP contribution in [0.5, 0.6) is 11.5 Å². The SMILES string of the molecule is COc1ccc(CN2CCN(C(=O)c3snnc3C)CC2)cc1OC. The van der Waals surface area contributed by atoms with Crippen molar-refractivity contribution in [1.82, 2.24) is 19.4 Å². The van der Waals surface area contributed by atoms with Gasteiger partial charge in [0.05, 0.1) is 19.9 Å². The largest absolute Gasteiger partial charge is 0.493 e. The van der Waals surface area contributed by atoms with E-state index in [9.17, 15) is 4.79 Å². The van der Waals surface area contributed by atoms with Gasteiger partial charge in [-0.2, -0.15) is 0 Å². The van der Waals surface area contributed by atoms with Gasteiger partial charge in [-0.15, -0.1) is 5.10 Å². The number of benzene rings is 1. The number of methoxy groups -OCH3 is 2. The molecule has 2 heterocycles. The molecule has 1 amide bonds. The first-order chi connectivity index (χ1) is 12.1. The van der Waals surface area contributed by atoms with Crippen LogP contribution in [0.15, 0.2) is 18.2 Å². The van der Waals surface area contributed by atoms with E-state index in [1.807, 2.05) is 30.0 Å². The van der Waals surface area contributed by atoms with Crippen LogP contribution in [0.4, 0.5) is 0 Å². The Morgan fingerprint density at radius 1 is 1.16 bits per heavy atom. The zero-order chi connectivity index (χ0) is 17.8. The Hall–Kier alpha value is -2.19. The van der Waals surface area contributed by atoms with Crippen molar-refractivity contribution < 1.29 is 14.3 Å². The standard InChI is InChI=1S/C17H22N4O3S/c1-12-16(25-19-18-12)17(22)21-8-6-20(7-9-21)11-13-4-5-14(23-2)15(10-13)24-3/h4-5,10H,6-9,11H2,1-3H3. The summed E-state index contributed by atoms with van der Waals surface area (Å²) in [6.45, 7) is 5.75. The van der Waals surface area contributed by atoms with E-state index >= 15 is 0 Å². The number of carbonyl (C=O) groups is 1. The van der Waals surface area contributed by atoms with Gasteiger partial charge in [0.15, 0.2) is 11.5 Å². The molecule has 8 heteroatoms. The van der Waals surface area contributed by atoms with Gasteiger partial charge in [0.2, 0.25) is 0 Å². The van der Waals surface area contributed by atoms with Crippen molar-refractivity contribution in [2.45, 2.75) is 13.5 Å². The lowest BCUT2D eigenvalue weighted by molar-refractivity contribution is 0.0632. The first kappa shape index (κ1) is 17.6. The number of hydrogen-bond donors (Lipinski definition) is 0. The third-order valence-electron chi connectivity index (χ3n) is 4.36. The minimum Gasteiger partial charge on any atom is -0.493 e. The highest BCUT2D eigenvalue weighted by atomic mass is 32.1. The van der Waals surface area contributed by atoms with Crippen molar-refractivity contribution in [1.29, 1.82) is 0 Å². The second-order valence-electron chi connectivity index (χ2n) is 5.95. The molecule has 1 fully saturated rings. The Morgan fingerprint density at radius 3 is 2.48 bits per heavy atom. The monoisotopic (exact) mass is 362 g/mol. The van der Waals surface area contributed by atoms with Crippen LogP contribution in [0.2, 0.25) is 0 Å². The molecule has 0 saturated carbocycles. The first-order valence-electron chi connectivity index (χ1n) is 8.14. The highest BCUT2D eigenvalue weighted by Crippen LogP contribution is 2.28. The molecule has 3 rings (SSSR count). The molecule has 7 nitrogen and oxygen atoms in total. The van der Waals surface area contributed by atoms with Crippen LogP contribution in [0.1, 0.15) is 20.9 Å². The molecule has 0 N–H and O–H groups in total. The topological polar surface area (TPSA) is 67.8 Å². The summed E-state index contributed by atoms with van der Waals surface area (Å²) < 4.78 is 14.5. The Balaban J connectivity index is 1.58. The van der Waals surface area contributed by atoms with E-state index in [-0.39, 0.29) is 5.91 Å². The lowest BCUT2D eigenvalue weighted by Crippen LogP contribution is -2.48. The highest BCUT2D eigenvalue weighted by Gasteiger charge is 2.25. The van der Waals surface area contributed by atoms with E-state index in [2.05, 4.69) is 14.5 Å².